The smallest absolute Gasteiger partial charge is 0.256 e. The molecule has 1 aliphatic rings. The third-order valence-electron chi connectivity index (χ3n) is 4.69. The maximum Gasteiger partial charge on any atom is 0.256 e. The monoisotopic (exact) mass is 439 g/mol. The first-order valence-electron chi connectivity index (χ1n) is 8.81. The van der Waals surface area contributed by atoms with Gasteiger partial charge in [0.15, 0.2) is 0 Å². The molecule has 2 aromatic carbocycles. The number of hydrogen-bond donors (Lipinski definition) is 1. The van der Waals surface area contributed by atoms with Crippen molar-refractivity contribution in [3.05, 3.63) is 64.4 Å². The van der Waals surface area contributed by atoms with Crippen LogP contribution in [-0.2, 0) is 10.0 Å². The Labute approximate surface area is 173 Å². The molecule has 29 heavy (non-hydrogen) atoms. The number of nitrogens with one attached hydrogen (secondary N) is 1. The van der Waals surface area contributed by atoms with Crippen LogP contribution in [0.25, 0.3) is 0 Å². The van der Waals surface area contributed by atoms with E-state index in [1.165, 1.54) is 53.2 Å². The van der Waals surface area contributed by atoms with Gasteiger partial charge in [0.05, 0.1) is 10.6 Å². The van der Waals surface area contributed by atoms with E-state index in [9.17, 15) is 22.4 Å². The lowest BCUT2D eigenvalue weighted by molar-refractivity contribution is 0.0532. The van der Waals surface area contributed by atoms with Crippen LogP contribution in [0.2, 0.25) is 5.02 Å². The van der Waals surface area contributed by atoms with E-state index in [0.717, 1.165) is 0 Å². The highest BCUT2D eigenvalue weighted by atomic mass is 35.5. The van der Waals surface area contributed by atoms with Crippen molar-refractivity contribution < 1.29 is 22.4 Å². The number of benzene rings is 2. The van der Waals surface area contributed by atoms with Crippen LogP contribution in [0.4, 0.5) is 4.39 Å². The van der Waals surface area contributed by atoms with Crippen LogP contribution < -0.4 is 4.72 Å². The van der Waals surface area contributed by atoms with Crippen molar-refractivity contribution in [2.45, 2.75) is 4.90 Å². The predicted molar refractivity (Wildman–Crippen MR) is 106 cm³/mol. The Kier molecular flexibility index (Phi) is 6.21. The van der Waals surface area contributed by atoms with Gasteiger partial charge in [-0.25, -0.2) is 17.5 Å². The summed E-state index contributed by atoms with van der Waals surface area (Å²) in [6, 6.07) is 9.79. The number of rotatable bonds is 4. The normalized spacial score (nSPS) is 14.7. The molecule has 0 bridgehead atoms. The first-order chi connectivity index (χ1) is 13.7. The Morgan fingerprint density at radius 1 is 1.00 bits per heavy atom. The maximum absolute atomic E-state index is 13.8. The fourth-order valence-corrected chi connectivity index (χ4v) is 4.30. The zero-order chi connectivity index (χ0) is 21.2. The molecule has 2 aromatic rings. The van der Waals surface area contributed by atoms with E-state index in [-0.39, 0.29) is 53.1 Å². The number of nitrogens with zero attached hydrogens (tertiary/aromatic N) is 2. The van der Waals surface area contributed by atoms with E-state index in [1.807, 2.05) is 0 Å². The average molecular weight is 440 g/mol. The van der Waals surface area contributed by atoms with Crippen molar-refractivity contribution in [1.82, 2.24) is 14.5 Å². The predicted octanol–water partition coefficient (Wildman–Crippen LogP) is 1.99. The molecule has 0 saturated carbocycles. The zero-order valence-corrected chi connectivity index (χ0v) is 17.1. The summed E-state index contributed by atoms with van der Waals surface area (Å²) in [7, 11) is -2.56. The quantitative estimate of drug-likeness (QED) is 0.789. The fourth-order valence-electron chi connectivity index (χ4n) is 3.05. The highest BCUT2D eigenvalue weighted by Crippen LogP contribution is 2.23. The SMILES string of the molecule is CNS(=O)(=O)c1cc(C(=O)N2CCN(C(=O)c3ccccc3F)CC2)ccc1Cl. The van der Waals surface area contributed by atoms with Gasteiger partial charge in [-0.15, -0.1) is 0 Å². The van der Waals surface area contributed by atoms with Gasteiger partial charge in [-0.05, 0) is 37.4 Å². The Bertz CT molecular complexity index is 1050. The second-order valence-electron chi connectivity index (χ2n) is 6.42. The first-order valence-corrected chi connectivity index (χ1v) is 10.7. The van der Waals surface area contributed by atoms with Crippen LogP contribution in [-0.4, -0.2) is 63.3 Å². The Balaban J connectivity index is 1.72. The highest BCUT2D eigenvalue weighted by molar-refractivity contribution is 7.89. The molecule has 1 saturated heterocycles. The Morgan fingerprint density at radius 2 is 1.59 bits per heavy atom. The minimum absolute atomic E-state index is 0.00751. The first kappa shape index (κ1) is 21.2. The van der Waals surface area contributed by atoms with Crippen molar-refractivity contribution >= 4 is 33.4 Å². The van der Waals surface area contributed by atoms with Crippen LogP contribution in [0.15, 0.2) is 47.4 Å². The summed E-state index contributed by atoms with van der Waals surface area (Å²) < 4.78 is 40.1. The third kappa shape index (κ3) is 4.42. The number of carbonyl (C=O) groups is 2. The van der Waals surface area contributed by atoms with Gasteiger partial charge in [-0.3, -0.25) is 9.59 Å². The van der Waals surface area contributed by atoms with Crippen molar-refractivity contribution in [2.24, 2.45) is 0 Å². The second kappa shape index (κ2) is 8.48. The van der Waals surface area contributed by atoms with Crippen LogP contribution >= 0.6 is 11.6 Å². The molecule has 0 aromatic heterocycles. The molecule has 7 nitrogen and oxygen atoms in total. The van der Waals surface area contributed by atoms with Crippen molar-refractivity contribution in [1.29, 1.82) is 0 Å². The standard InChI is InChI=1S/C19H19ClFN3O4S/c1-22-29(27,28)17-12-13(6-7-15(17)20)18(25)23-8-10-24(11-9-23)19(26)14-4-2-3-5-16(14)21/h2-7,12,22H,8-11H2,1H3. The molecule has 0 unspecified atom stereocenters. The molecule has 0 spiro atoms. The lowest BCUT2D eigenvalue weighted by Crippen LogP contribution is -2.50. The Hall–Kier alpha value is -2.49. The van der Waals surface area contributed by atoms with E-state index >= 15 is 0 Å². The summed E-state index contributed by atoms with van der Waals surface area (Å²) in [6.45, 7) is 0.980. The fraction of sp³-hybridized carbons (Fsp3) is 0.263. The average Bonchev–Trinajstić information content (AvgIpc) is 2.73. The van der Waals surface area contributed by atoms with Gasteiger partial charge in [-0.2, -0.15) is 0 Å². The second-order valence-corrected chi connectivity index (χ2v) is 8.68. The molecule has 1 fully saturated rings. The molecule has 1 aliphatic heterocycles. The number of amides is 2. The number of piperazine rings is 1. The molecule has 0 atom stereocenters. The minimum Gasteiger partial charge on any atom is -0.335 e. The van der Waals surface area contributed by atoms with Gasteiger partial charge < -0.3 is 9.80 Å². The van der Waals surface area contributed by atoms with Gasteiger partial charge >= 0.3 is 0 Å². The van der Waals surface area contributed by atoms with Gasteiger partial charge in [0.2, 0.25) is 10.0 Å². The number of sulfonamides is 1. The Morgan fingerprint density at radius 3 is 2.17 bits per heavy atom. The minimum atomic E-state index is -3.81. The van der Waals surface area contributed by atoms with Crippen molar-refractivity contribution in [2.75, 3.05) is 33.2 Å². The van der Waals surface area contributed by atoms with Gasteiger partial charge in [0.1, 0.15) is 10.7 Å². The lowest BCUT2D eigenvalue weighted by Gasteiger charge is -2.35. The number of hydrogen-bond acceptors (Lipinski definition) is 4. The summed E-state index contributed by atoms with van der Waals surface area (Å²) in [5, 5.41) is 0.0104. The molecule has 154 valence electrons. The third-order valence-corrected chi connectivity index (χ3v) is 6.59. The van der Waals surface area contributed by atoms with E-state index in [2.05, 4.69) is 4.72 Å². The van der Waals surface area contributed by atoms with E-state index in [0.29, 0.717) is 0 Å². The van der Waals surface area contributed by atoms with Gasteiger partial charge in [0.25, 0.3) is 11.8 Å². The lowest BCUT2D eigenvalue weighted by atomic mass is 10.1. The van der Waals surface area contributed by atoms with E-state index in [1.54, 1.807) is 6.07 Å². The van der Waals surface area contributed by atoms with Gasteiger partial charge in [0, 0.05) is 31.7 Å². The summed E-state index contributed by atoms with van der Waals surface area (Å²) in [4.78, 5) is 28.1. The number of carbonyl (C=O) groups excluding carboxylic acids is 2. The molecular weight excluding hydrogens is 421 g/mol. The summed E-state index contributed by atoms with van der Waals surface area (Å²) in [5.74, 6) is -1.38. The topological polar surface area (TPSA) is 86.8 Å². The van der Waals surface area contributed by atoms with Crippen LogP contribution in [0, 0.1) is 5.82 Å². The van der Waals surface area contributed by atoms with Gasteiger partial charge in [-0.1, -0.05) is 23.7 Å². The molecule has 2 amide bonds. The molecule has 3 rings (SSSR count). The van der Waals surface area contributed by atoms with Crippen LogP contribution in [0.1, 0.15) is 20.7 Å². The van der Waals surface area contributed by atoms with Crippen molar-refractivity contribution in [3.63, 3.8) is 0 Å². The largest absolute Gasteiger partial charge is 0.335 e. The summed E-state index contributed by atoms with van der Waals surface area (Å²) in [5.41, 5.74) is 0.170. The molecule has 10 heteroatoms. The summed E-state index contributed by atoms with van der Waals surface area (Å²) in [6.07, 6.45) is 0. The molecular formula is C19H19ClFN3O4S. The maximum atomic E-state index is 13.8. The molecule has 1 heterocycles. The van der Waals surface area contributed by atoms with Crippen LogP contribution in [0.3, 0.4) is 0 Å². The molecule has 0 aliphatic carbocycles. The highest BCUT2D eigenvalue weighted by Gasteiger charge is 2.27. The number of halogens is 2. The summed E-state index contributed by atoms with van der Waals surface area (Å²) >= 11 is 5.96. The van der Waals surface area contributed by atoms with Crippen LogP contribution in [0.5, 0.6) is 0 Å². The molecule has 1 N–H and O–H groups in total. The van der Waals surface area contributed by atoms with E-state index in [4.69, 9.17) is 11.6 Å². The van der Waals surface area contributed by atoms with E-state index < -0.39 is 21.7 Å². The van der Waals surface area contributed by atoms with Crippen molar-refractivity contribution in [3.8, 4) is 0 Å². The zero-order valence-electron chi connectivity index (χ0n) is 15.6. The molecule has 0 radical (unpaired) electrons.